The number of aromatic nitrogens is 2. The summed E-state index contributed by atoms with van der Waals surface area (Å²) < 4.78 is 13.2. The van der Waals surface area contributed by atoms with Crippen molar-refractivity contribution in [2.45, 2.75) is 6.54 Å². The highest BCUT2D eigenvalue weighted by molar-refractivity contribution is 6.08. The van der Waals surface area contributed by atoms with Crippen molar-refractivity contribution < 1.29 is 4.39 Å². The summed E-state index contributed by atoms with van der Waals surface area (Å²) in [6.45, 7) is 0.442. The summed E-state index contributed by atoms with van der Waals surface area (Å²) in [7, 11) is 0. The minimum Gasteiger partial charge on any atom is -0.383 e. The van der Waals surface area contributed by atoms with Crippen LogP contribution in [0.3, 0.4) is 0 Å². The zero-order chi connectivity index (χ0) is 15.8. The summed E-state index contributed by atoms with van der Waals surface area (Å²) in [4.78, 5) is 4.27. The first-order valence-corrected chi connectivity index (χ1v) is 7.25. The van der Waals surface area contributed by atoms with E-state index >= 15 is 0 Å². The molecule has 0 fully saturated rings. The van der Waals surface area contributed by atoms with Gasteiger partial charge in [0.25, 0.3) is 0 Å². The predicted molar refractivity (Wildman–Crippen MR) is 87.3 cm³/mol. The van der Waals surface area contributed by atoms with Crippen LogP contribution in [0.2, 0.25) is 0 Å². The molecule has 2 aromatic carbocycles. The van der Waals surface area contributed by atoms with E-state index in [9.17, 15) is 4.39 Å². The van der Waals surface area contributed by atoms with Crippen LogP contribution < -0.4 is 5.73 Å². The van der Waals surface area contributed by atoms with E-state index in [-0.39, 0.29) is 5.82 Å². The van der Waals surface area contributed by atoms with Crippen molar-refractivity contribution in [3.05, 3.63) is 71.7 Å². The summed E-state index contributed by atoms with van der Waals surface area (Å²) in [5.74, 6) is 0.183. The molecule has 3 aromatic rings. The Morgan fingerprint density at radius 3 is 2.30 bits per heavy atom. The second kappa shape index (κ2) is 5.28. The van der Waals surface area contributed by atoms with Gasteiger partial charge in [-0.15, -0.1) is 5.10 Å². The van der Waals surface area contributed by atoms with E-state index in [1.807, 2.05) is 30.3 Å². The number of benzene rings is 2. The molecule has 23 heavy (non-hydrogen) atoms. The molecule has 1 aliphatic rings. The van der Waals surface area contributed by atoms with E-state index in [2.05, 4.69) is 15.2 Å². The van der Waals surface area contributed by atoms with Gasteiger partial charge >= 0.3 is 0 Å². The minimum absolute atomic E-state index is 0.287. The van der Waals surface area contributed by atoms with Gasteiger partial charge in [-0.25, -0.2) is 4.39 Å². The zero-order valence-corrected chi connectivity index (χ0v) is 12.2. The Morgan fingerprint density at radius 2 is 1.57 bits per heavy atom. The lowest BCUT2D eigenvalue weighted by Gasteiger charge is -2.13. The third-order valence-electron chi connectivity index (χ3n) is 3.88. The van der Waals surface area contributed by atoms with Gasteiger partial charge in [-0.3, -0.25) is 4.99 Å². The second-order valence-electron chi connectivity index (χ2n) is 5.32. The first-order chi connectivity index (χ1) is 11.2. The first-order valence-electron chi connectivity index (χ1n) is 7.25. The quantitative estimate of drug-likeness (QED) is 0.791. The molecule has 0 aliphatic carbocycles. The Kier molecular flexibility index (Phi) is 3.12. The number of amidine groups is 1. The maximum Gasteiger partial charge on any atom is 0.128 e. The van der Waals surface area contributed by atoms with E-state index in [0.29, 0.717) is 18.1 Å². The van der Waals surface area contributed by atoms with Gasteiger partial charge in [-0.2, -0.15) is 5.10 Å². The molecular weight excluding hydrogens is 291 g/mol. The van der Waals surface area contributed by atoms with Crippen molar-refractivity contribution in [1.82, 2.24) is 10.2 Å². The van der Waals surface area contributed by atoms with Crippen molar-refractivity contribution in [1.29, 1.82) is 0 Å². The molecule has 4 rings (SSSR count). The lowest BCUT2D eigenvalue weighted by atomic mass is 9.94. The molecule has 0 amide bonds. The van der Waals surface area contributed by atoms with Crippen molar-refractivity contribution in [2.24, 2.45) is 10.7 Å². The van der Waals surface area contributed by atoms with Gasteiger partial charge in [-0.1, -0.05) is 30.3 Å². The maximum atomic E-state index is 13.2. The van der Waals surface area contributed by atoms with Crippen LogP contribution in [0.4, 0.5) is 4.39 Å². The lowest BCUT2D eigenvalue weighted by molar-refractivity contribution is 0.628. The van der Waals surface area contributed by atoms with Crippen LogP contribution in [-0.2, 0) is 6.54 Å². The molecule has 2 heterocycles. The van der Waals surface area contributed by atoms with Gasteiger partial charge in [0.05, 0.1) is 17.8 Å². The average Bonchev–Trinajstić information content (AvgIpc) is 2.97. The molecule has 4 nitrogen and oxygen atoms in total. The van der Waals surface area contributed by atoms with Crippen molar-refractivity contribution >= 4 is 5.84 Å². The van der Waals surface area contributed by atoms with Crippen molar-refractivity contribution in [3.63, 3.8) is 0 Å². The lowest BCUT2D eigenvalue weighted by Crippen LogP contribution is -2.14. The summed E-state index contributed by atoms with van der Waals surface area (Å²) in [5, 5.41) is 8.62. The summed E-state index contributed by atoms with van der Waals surface area (Å²) in [6, 6.07) is 16.1. The molecule has 2 N–H and O–H groups in total. The van der Waals surface area contributed by atoms with Crippen molar-refractivity contribution in [3.8, 4) is 22.4 Å². The van der Waals surface area contributed by atoms with Gasteiger partial charge < -0.3 is 5.73 Å². The standard InChI is InChI=1S/C18H13FN4/c19-13-8-6-12(7-9-13)17-15(11-4-2-1-3-5-11)16-14(22-23-17)10-21-18(16)20/h1-9H,10H2,(H2,20,21). The third kappa shape index (κ3) is 2.26. The van der Waals surface area contributed by atoms with Crippen LogP contribution in [-0.4, -0.2) is 16.0 Å². The fourth-order valence-corrected chi connectivity index (χ4v) is 2.79. The van der Waals surface area contributed by atoms with Crippen LogP contribution >= 0.6 is 0 Å². The second-order valence-corrected chi connectivity index (χ2v) is 5.32. The number of hydrogen-bond donors (Lipinski definition) is 1. The highest BCUT2D eigenvalue weighted by atomic mass is 19.1. The highest BCUT2D eigenvalue weighted by Gasteiger charge is 2.24. The SMILES string of the molecule is NC1=NCc2nnc(-c3ccc(F)cc3)c(-c3ccccc3)c21. The number of halogens is 1. The maximum absolute atomic E-state index is 13.2. The smallest absolute Gasteiger partial charge is 0.128 e. The van der Waals surface area contributed by atoms with Gasteiger partial charge in [0, 0.05) is 11.1 Å². The third-order valence-corrected chi connectivity index (χ3v) is 3.88. The van der Waals surface area contributed by atoms with E-state index in [1.165, 1.54) is 12.1 Å². The summed E-state index contributed by atoms with van der Waals surface area (Å²) in [5.41, 5.74) is 11.0. The Bertz CT molecular complexity index is 902. The molecule has 0 saturated heterocycles. The number of aliphatic imine (C=N–C) groups is 1. The molecule has 0 bridgehead atoms. The summed E-state index contributed by atoms with van der Waals surface area (Å²) >= 11 is 0. The molecule has 5 heteroatoms. The Labute approximate surface area is 132 Å². The van der Waals surface area contributed by atoms with Crippen LogP contribution in [0.25, 0.3) is 22.4 Å². The number of hydrogen-bond acceptors (Lipinski definition) is 4. The van der Waals surface area contributed by atoms with E-state index in [0.717, 1.165) is 27.9 Å². The van der Waals surface area contributed by atoms with E-state index in [1.54, 1.807) is 12.1 Å². The minimum atomic E-state index is -0.287. The molecule has 0 saturated carbocycles. The van der Waals surface area contributed by atoms with Gasteiger partial charge in [0.15, 0.2) is 0 Å². The van der Waals surface area contributed by atoms with Crippen LogP contribution in [0, 0.1) is 5.82 Å². The van der Waals surface area contributed by atoms with Crippen LogP contribution in [0.1, 0.15) is 11.3 Å². The molecule has 0 unspecified atom stereocenters. The largest absolute Gasteiger partial charge is 0.383 e. The van der Waals surface area contributed by atoms with Crippen LogP contribution in [0.15, 0.2) is 59.6 Å². The zero-order valence-electron chi connectivity index (χ0n) is 12.2. The van der Waals surface area contributed by atoms with Crippen LogP contribution in [0.5, 0.6) is 0 Å². The monoisotopic (exact) mass is 304 g/mol. The molecule has 0 radical (unpaired) electrons. The number of rotatable bonds is 2. The predicted octanol–water partition coefficient (Wildman–Crippen LogP) is 3.17. The Morgan fingerprint density at radius 1 is 0.826 bits per heavy atom. The van der Waals surface area contributed by atoms with Crippen molar-refractivity contribution in [2.75, 3.05) is 0 Å². The molecule has 0 atom stereocenters. The topological polar surface area (TPSA) is 64.2 Å². The first kappa shape index (κ1) is 13.6. The van der Waals surface area contributed by atoms with E-state index in [4.69, 9.17) is 5.73 Å². The molecule has 112 valence electrons. The summed E-state index contributed by atoms with van der Waals surface area (Å²) in [6.07, 6.45) is 0. The van der Waals surface area contributed by atoms with E-state index < -0.39 is 0 Å². The Hall–Kier alpha value is -3.08. The molecular formula is C18H13FN4. The average molecular weight is 304 g/mol. The highest BCUT2D eigenvalue weighted by Crippen LogP contribution is 2.35. The Balaban J connectivity index is 2.02. The van der Waals surface area contributed by atoms with Gasteiger partial charge in [-0.05, 0) is 29.8 Å². The fourth-order valence-electron chi connectivity index (χ4n) is 2.79. The molecule has 1 aromatic heterocycles. The number of nitrogens with zero attached hydrogens (tertiary/aromatic N) is 3. The molecule has 1 aliphatic heterocycles. The fraction of sp³-hybridized carbons (Fsp3) is 0.0556. The normalized spacial score (nSPS) is 12.8. The van der Waals surface area contributed by atoms with Gasteiger partial charge in [0.1, 0.15) is 17.3 Å². The number of fused-ring (bicyclic) bond motifs is 1. The van der Waals surface area contributed by atoms with Gasteiger partial charge in [0.2, 0.25) is 0 Å². The molecule has 0 spiro atoms. The number of nitrogens with two attached hydrogens (primary N) is 1.